The second kappa shape index (κ2) is 3.79. The van der Waals surface area contributed by atoms with E-state index < -0.39 is 0 Å². The van der Waals surface area contributed by atoms with Crippen molar-refractivity contribution < 1.29 is 5.11 Å². The molecule has 0 aliphatic rings. The second-order valence-corrected chi connectivity index (χ2v) is 2.14. The highest BCUT2D eigenvalue weighted by Gasteiger charge is 1.89. The van der Waals surface area contributed by atoms with E-state index in [1.54, 1.807) is 6.20 Å². The molecule has 1 aromatic heterocycles. The lowest BCUT2D eigenvalue weighted by Gasteiger charge is -1.88. The molecule has 3 nitrogen and oxygen atoms in total. The SMILES string of the molecule is Cn1ccnc1C#CCCO. The molecule has 0 aliphatic heterocycles. The molecule has 1 N–H and O–H groups in total. The maximum absolute atomic E-state index is 8.43. The van der Waals surface area contributed by atoms with Gasteiger partial charge in [0, 0.05) is 25.9 Å². The molecular weight excluding hydrogens is 140 g/mol. The summed E-state index contributed by atoms with van der Waals surface area (Å²) in [7, 11) is 1.88. The molecule has 1 aromatic rings. The zero-order valence-electron chi connectivity index (χ0n) is 6.41. The van der Waals surface area contributed by atoms with E-state index >= 15 is 0 Å². The Kier molecular flexibility index (Phi) is 2.70. The fraction of sp³-hybridized carbons (Fsp3) is 0.375. The molecule has 0 aliphatic carbocycles. The van der Waals surface area contributed by atoms with Gasteiger partial charge in [0.2, 0.25) is 0 Å². The van der Waals surface area contributed by atoms with E-state index in [0.29, 0.717) is 6.42 Å². The Bertz CT molecular complexity index is 280. The number of aliphatic hydroxyl groups excluding tert-OH is 1. The summed E-state index contributed by atoms with van der Waals surface area (Å²) < 4.78 is 1.84. The predicted octanol–water partition coefficient (Wildman–Crippen LogP) is 0.154. The lowest BCUT2D eigenvalue weighted by molar-refractivity contribution is 0.305. The minimum absolute atomic E-state index is 0.109. The van der Waals surface area contributed by atoms with Gasteiger partial charge in [0.25, 0.3) is 0 Å². The standard InChI is InChI=1S/C8H10N2O/c1-10-6-5-9-8(10)4-2-3-7-11/h5-6,11H,3,7H2,1H3. The van der Waals surface area contributed by atoms with Crippen molar-refractivity contribution in [2.24, 2.45) is 7.05 Å². The quantitative estimate of drug-likeness (QED) is 0.579. The fourth-order valence-electron chi connectivity index (χ4n) is 0.684. The van der Waals surface area contributed by atoms with Crippen LogP contribution in [0, 0.1) is 11.8 Å². The van der Waals surface area contributed by atoms with Crippen molar-refractivity contribution >= 4 is 0 Å². The zero-order valence-corrected chi connectivity index (χ0v) is 6.41. The van der Waals surface area contributed by atoms with E-state index in [1.165, 1.54) is 0 Å². The zero-order chi connectivity index (χ0) is 8.10. The van der Waals surface area contributed by atoms with E-state index in [-0.39, 0.29) is 6.61 Å². The molecule has 0 amide bonds. The van der Waals surface area contributed by atoms with Gasteiger partial charge in [-0.3, -0.25) is 0 Å². The summed E-state index contributed by atoms with van der Waals surface area (Å²) in [6, 6.07) is 0. The summed E-state index contributed by atoms with van der Waals surface area (Å²) in [6.45, 7) is 0.109. The molecule has 3 heteroatoms. The summed E-state index contributed by atoms with van der Waals surface area (Å²) >= 11 is 0. The molecule has 0 saturated heterocycles. The molecule has 0 unspecified atom stereocenters. The topological polar surface area (TPSA) is 38.0 Å². The van der Waals surface area contributed by atoms with Gasteiger partial charge < -0.3 is 9.67 Å². The third-order valence-corrected chi connectivity index (χ3v) is 1.26. The normalized spacial score (nSPS) is 8.91. The number of nitrogens with zero attached hydrogens (tertiary/aromatic N) is 2. The molecular formula is C8H10N2O. The van der Waals surface area contributed by atoms with Gasteiger partial charge in [-0.2, -0.15) is 0 Å². The third-order valence-electron chi connectivity index (χ3n) is 1.26. The molecule has 0 spiro atoms. The molecule has 1 heterocycles. The third kappa shape index (κ3) is 2.10. The smallest absolute Gasteiger partial charge is 0.185 e. The first-order valence-corrected chi connectivity index (χ1v) is 3.41. The van der Waals surface area contributed by atoms with Gasteiger partial charge in [-0.05, 0) is 5.92 Å². The van der Waals surface area contributed by atoms with Gasteiger partial charge in [0.05, 0.1) is 6.61 Å². The number of hydrogen-bond acceptors (Lipinski definition) is 2. The minimum atomic E-state index is 0.109. The fourth-order valence-corrected chi connectivity index (χ4v) is 0.684. The summed E-state index contributed by atoms with van der Waals surface area (Å²) in [5, 5.41) is 8.43. The first-order chi connectivity index (χ1) is 5.34. The van der Waals surface area contributed by atoms with Crippen LogP contribution in [0.1, 0.15) is 12.2 Å². The maximum atomic E-state index is 8.43. The highest BCUT2D eigenvalue weighted by molar-refractivity contribution is 5.21. The van der Waals surface area contributed by atoms with Crippen molar-refractivity contribution in [2.75, 3.05) is 6.61 Å². The Labute approximate surface area is 65.7 Å². The van der Waals surface area contributed by atoms with Crippen LogP contribution in [0.15, 0.2) is 12.4 Å². The van der Waals surface area contributed by atoms with Gasteiger partial charge >= 0.3 is 0 Å². The van der Waals surface area contributed by atoms with Crippen LogP contribution in [-0.2, 0) is 7.05 Å². The highest BCUT2D eigenvalue weighted by Crippen LogP contribution is 1.89. The summed E-state index contributed by atoms with van der Waals surface area (Å²) in [5.74, 6) is 6.37. The largest absolute Gasteiger partial charge is 0.395 e. The van der Waals surface area contributed by atoms with Crippen LogP contribution < -0.4 is 0 Å². The van der Waals surface area contributed by atoms with Crippen LogP contribution in [0.4, 0.5) is 0 Å². The first-order valence-electron chi connectivity index (χ1n) is 3.41. The van der Waals surface area contributed by atoms with Gasteiger partial charge in [-0.1, -0.05) is 5.92 Å². The van der Waals surface area contributed by atoms with Crippen molar-refractivity contribution in [1.82, 2.24) is 9.55 Å². The summed E-state index contributed by atoms with van der Waals surface area (Å²) in [4.78, 5) is 4.00. The summed E-state index contributed by atoms with van der Waals surface area (Å²) in [6.07, 6.45) is 4.04. The van der Waals surface area contributed by atoms with E-state index in [9.17, 15) is 0 Å². The van der Waals surface area contributed by atoms with E-state index in [0.717, 1.165) is 5.82 Å². The minimum Gasteiger partial charge on any atom is -0.395 e. The van der Waals surface area contributed by atoms with Gasteiger partial charge in [0.1, 0.15) is 0 Å². The van der Waals surface area contributed by atoms with Crippen molar-refractivity contribution in [1.29, 1.82) is 0 Å². The van der Waals surface area contributed by atoms with Crippen LogP contribution >= 0.6 is 0 Å². The van der Waals surface area contributed by atoms with Gasteiger partial charge in [0.15, 0.2) is 5.82 Å². The average Bonchev–Trinajstić information content (AvgIpc) is 2.37. The number of aromatic nitrogens is 2. The molecule has 0 atom stereocenters. The molecule has 0 saturated carbocycles. The summed E-state index contributed by atoms with van der Waals surface area (Å²) in [5.41, 5.74) is 0. The molecule has 0 fully saturated rings. The van der Waals surface area contributed by atoms with Crippen molar-refractivity contribution in [3.63, 3.8) is 0 Å². The second-order valence-electron chi connectivity index (χ2n) is 2.14. The Morgan fingerprint density at radius 1 is 1.73 bits per heavy atom. The van der Waals surface area contributed by atoms with Crippen molar-refractivity contribution in [3.8, 4) is 11.8 Å². The number of aliphatic hydroxyl groups is 1. The van der Waals surface area contributed by atoms with Crippen LogP contribution in [0.3, 0.4) is 0 Å². The first kappa shape index (κ1) is 7.83. The van der Waals surface area contributed by atoms with Gasteiger partial charge in [-0.15, -0.1) is 0 Å². The molecule has 11 heavy (non-hydrogen) atoms. The van der Waals surface area contributed by atoms with Crippen LogP contribution in [0.25, 0.3) is 0 Å². The average molecular weight is 150 g/mol. The Morgan fingerprint density at radius 2 is 2.55 bits per heavy atom. The van der Waals surface area contributed by atoms with E-state index in [4.69, 9.17) is 5.11 Å². The Balaban J connectivity index is 2.65. The van der Waals surface area contributed by atoms with E-state index in [1.807, 2.05) is 17.8 Å². The van der Waals surface area contributed by atoms with Gasteiger partial charge in [-0.25, -0.2) is 4.98 Å². The lowest BCUT2D eigenvalue weighted by Crippen LogP contribution is -1.90. The van der Waals surface area contributed by atoms with Crippen LogP contribution in [-0.4, -0.2) is 21.3 Å². The molecule has 1 rings (SSSR count). The predicted molar refractivity (Wildman–Crippen MR) is 41.8 cm³/mol. The van der Waals surface area contributed by atoms with Crippen molar-refractivity contribution in [2.45, 2.75) is 6.42 Å². The highest BCUT2D eigenvalue weighted by atomic mass is 16.2. The lowest BCUT2D eigenvalue weighted by atomic mass is 10.4. The Hall–Kier alpha value is -1.27. The monoisotopic (exact) mass is 150 g/mol. The molecule has 0 radical (unpaired) electrons. The number of imidazole rings is 1. The Morgan fingerprint density at radius 3 is 3.09 bits per heavy atom. The number of hydrogen-bond donors (Lipinski definition) is 1. The van der Waals surface area contributed by atoms with Crippen LogP contribution in [0.5, 0.6) is 0 Å². The van der Waals surface area contributed by atoms with Crippen molar-refractivity contribution in [3.05, 3.63) is 18.2 Å². The van der Waals surface area contributed by atoms with E-state index in [2.05, 4.69) is 16.8 Å². The number of aryl methyl sites for hydroxylation is 1. The molecule has 0 bridgehead atoms. The van der Waals surface area contributed by atoms with Crippen LogP contribution in [0.2, 0.25) is 0 Å². The maximum Gasteiger partial charge on any atom is 0.185 e. The number of rotatable bonds is 1. The molecule has 58 valence electrons. The molecule has 0 aromatic carbocycles.